The summed E-state index contributed by atoms with van der Waals surface area (Å²) in [7, 11) is 1.81. The van der Waals surface area contributed by atoms with Crippen molar-refractivity contribution in [1.29, 1.82) is 0 Å². The molecule has 0 saturated heterocycles. The van der Waals surface area contributed by atoms with E-state index in [-0.39, 0.29) is 12.7 Å². The Balaban J connectivity index is 1.44. The third-order valence-corrected chi connectivity index (χ3v) is 5.12. The predicted octanol–water partition coefficient (Wildman–Crippen LogP) is 2.56. The molecule has 0 bridgehead atoms. The lowest BCUT2D eigenvalue weighted by atomic mass is 9.99. The molecule has 0 saturated carbocycles. The van der Waals surface area contributed by atoms with Gasteiger partial charge in [-0.25, -0.2) is 0 Å². The van der Waals surface area contributed by atoms with E-state index >= 15 is 0 Å². The van der Waals surface area contributed by atoms with Gasteiger partial charge in [0.25, 0.3) is 5.91 Å². The molecule has 6 nitrogen and oxygen atoms in total. The first kappa shape index (κ1) is 15.4. The Bertz CT molecular complexity index is 875. The summed E-state index contributed by atoms with van der Waals surface area (Å²) >= 11 is 0. The summed E-state index contributed by atoms with van der Waals surface area (Å²) in [5.41, 5.74) is 3.99. The summed E-state index contributed by atoms with van der Waals surface area (Å²) in [6, 6.07) is 7.37. The van der Waals surface area contributed by atoms with Crippen molar-refractivity contribution in [2.24, 2.45) is 0 Å². The number of hydrogen-bond acceptors (Lipinski definition) is 5. The molecule has 0 aromatic heterocycles. The standard InChI is InChI=1S/C20H19NO5/c1-21(20(22)13-2-3-16-18(9-13)26-11-25-16)10-15-14-5-7-23-17(14)8-12-4-6-24-19(12)15/h2-3,8-9H,4-7,10-11H2,1H3. The van der Waals surface area contributed by atoms with Crippen LogP contribution >= 0.6 is 0 Å². The Kier molecular flexibility index (Phi) is 3.45. The maximum atomic E-state index is 12.9. The lowest BCUT2D eigenvalue weighted by Gasteiger charge is -2.21. The van der Waals surface area contributed by atoms with Crippen LogP contribution in [0.2, 0.25) is 0 Å². The summed E-state index contributed by atoms with van der Waals surface area (Å²) in [4.78, 5) is 14.6. The normalized spacial score (nSPS) is 15.9. The van der Waals surface area contributed by atoms with Crippen molar-refractivity contribution in [3.63, 3.8) is 0 Å². The summed E-state index contributed by atoms with van der Waals surface area (Å²) < 4.78 is 22.3. The smallest absolute Gasteiger partial charge is 0.254 e. The number of benzene rings is 2. The maximum Gasteiger partial charge on any atom is 0.254 e. The first-order valence-electron chi connectivity index (χ1n) is 8.79. The summed E-state index contributed by atoms with van der Waals surface area (Å²) in [6.45, 7) is 2.06. The van der Waals surface area contributed by atoms with Crippen LogP contribution in [0.15, 0.2) is 24.3 Å². The van der Waals surface area contributed by atoms with Crippen molar-refractivity contribution in [2.75, 3.05) is 27.1 Å². The van der Waals surface area contributed by atoms with Gasteiger partial charge in [0.05, 0.1) is 13.2 Å². The van der Waals surface area contributed by atoms with Crippen LogP contribution in [0.5, 0.6) is 23.0 Å². The maximum absolute atomic E-state index is 12.9. The summed E-state index contributed by atoms with van der Waals surface area (Å²) in [5, 5.41) is 0. The van der Waals surface area contributed by atoms with E-state index < -0.39 is 0 Å². The van der Waals surface area contributed by atoms with E-state index in [9.17, 15) is 4.79 Å². The third-order valence-electron chi connectivity index (χ3n) is 5.12. The van der Waals surface area contributed by atoms with Crippen LogP contribution in [0, 0.1) is 0 Å². The lowest BCUT2D eigenvalue weighted by Crippen LogP contribution is -2.26. The fraction of sp³-hybridized carbons (Fsp3) is 0.350. The molecule has 0 aliphatic carbocycles. The highest BCUT2D eigenvalue weighted by Crippen LogP contribution is 2.41. The lowest BCUT2D eigenvalue weighted by molar-refractivity contribution is 0.0783. The molecule has 0 radical (unpaired) electrons. The highest BCUT2D eigenvalue weighted by atomic mass is 16.7. The minimum Gasteiger partial charge on any atom is -0.493 e. The van der Waals surface area contributed by atoms with E-state index in [2.05, 4.69) is 6.07 Å². The zero-order valence-electron chi connectivity index (χ0n) is 14.5. The van der Waals surface area contributed by atoms with Crippen molar-refractivity contribution < 1.29 is 23.7 Å². The SMILES string of the molecule is CN(Cc1c2c(cc3c1OCC3)OCC2)C(=O)c1ccc2c(c1)OCO2. The Hall–Kier alpha value is -2.89. The van der Waals surface area contributed by atoms with Crippen molar-refractivity contribution in [3.8, 4) is 23.0 Å². The monoisotopic (exact) mass is 353 g/mol. The Morgan fingerprint density at radius 2 is 1.85 bits per heavy atom. The largest absolute Gasteiger partial charge is 0.493 e. The van der Waals surface area contributed by atoms with Gasteiger partial charge in [0.1, 0.15) is 11.5 Å². The Morgan fingerprint density at radius 3 is 2.77 bits per heavy atom. The van der Waals surface area contributed by atoms with Crippen LogP contribution in [0.25, 0.3) is 0 Å². The topological polar surface area (TPSA) is 57.2 Å². The molecular formula is C20H19NO5. The van der Waals surface area contributed by atoms with E-state index in [1.807, 2.05) is 7.05 Å². The quantitative estimate of drug-likeness (QED) is 0.849. The van der Waals surface area contributed by atoms with Crippen LogP contribution < -0.4 is 18.9 Å². The molecule has 3 heterocycles. The van der Waals surface area contributed by atoms with Gasteiger partial charge in [0.15, 0.2) is 11.5 Å². The van der Waals surface area contributed by atoms with Crippen molar-refractivity contribution >= 4 is 5.91 Å². The minimum absolute atomic E-state index is 0.0634. The van der Waals surface area contributed by atoms with Gasteiger partial charge in [0.2, 0.25) is 6.79 Å². The molecule has 0 atom stereocenters. The Morgan fingerprint density at radius 1 is 1.00 bits per heavy atom. The van der Waals surface area contributed by atoms with Crippen molar-refractivity contribution in [2.45, 2.75) is 19.4 Å². The van der Waals surface area contributed by atoms with E-state index in [1.54, 1.807) is 23.1 Å². The molecule has 0 unspecified atom stereocenters. The summed E-state index contributed by atoms with van der Waals surface area (Å²) in [5.74, 6) is 3.09. The number of carbonyl (C=O) groups is 1. The average molecular weight is 353 g/mol. The molecule has 134 valence electrons. The predicted molar refractivity (Wildman–Crippen MR) is 93.2 cm³/mol. The van der Waals surface area contributed by atoms with E-state index in [1.165, 1.54) is 5.56 Å². The number of amides is 1. The Labute approximate surface area is 151 Å². The molecular weight excluding hydrogens is 334 g/mol. The molecule has 1 amide bonds. The molecule has 6 heteroatoms. The fourth-order valence-electron chi connectivity index (χ4n) is 3.81. The number of ether oxygens (including phenoxy) is 4. The molecule has 2 aromatic rings. The van der Waals surface area contributed by atoms with Crippen LogP contribution in [-0.4, -0.2) is 37.9 Å². The first-order chi connectivity index (χ1) is 12.7. The van der Waals surface area contributed by atoms with E-state index in [4.69, 9.17) is 18.9 Å². The van der Waals surface area contributed by atoms with Gasteiger partial charge in [0, 0.05) is 48.7 Å². The molecule has 0 spiro atoms. The van der Waals surface area contributed by atoms with Gasteiger partial charge in [-0.05, 0) is 24.3 Å². The van der Waals surface area contributed by atoms with Gasteiger partial charge in [-0.1, -0.05) is 0 Å². The van der Waals surface area contributed by atoms with Crippen LogP contribution in [0.4, 0.5) is 0 Å². The highest BCUT2D eigenvalue weighted by Gasteiger charge is 2.28. The zero-order valence-corrected chi connectivity index (χ0v) is 14.5. The van der Waals surface area contributed by atoms with Gasteiger partial charge < -0.3 is 23.8 Å². The van der Waals surface area contributed by atoms with Gasteiger partial charge in [-0.15, -0.1) is 0 Å². The molecule has 0 fully saturated rings. The minimum atomic E-state index is -0.0634. The molecule has 3 aliphatic heterocycles. The molecule has 0 N–H and O–H groups in total. The van der Waals surface area contributed by atoms with Gasteiger partial charge in [-0.2, -0.15) is 0 Å². The number of hydrogen-bond donors (Lipinski definition) is 0. The third kappa shape index (κ3) is 2.36. The van der Waals surface area contributed by atoms with Crippen molar-refractivity contribution in [3.05, 3.63) is 46.5 Å². The summed E-state index contributed by atoms with van der Waals surface area (Å²) in [6.07, 6.45) is 1.74. The number of rotatable bonds is 3. The first-order valence-corrected chi connectivity index (χ1v) is 8.79. The molecule has 3 aliphatic rings. The second-order valence-corrected chi connectivity index (χ2v) is 6.75. The van der Waals surface area contributed by atoms with E-state index in [0.717, 1.165) is 35.5 Å². The van der Waals surface area contributed by atoms with Crippen LogP contribution in [0.1, 0.15) is 27.0 Å². The van der Waals surface area contributed by atoms with Gasteiger partial charge in [-0.3, -0.25) is 4.79 Å². The second kappa shape index (κ2) is 5.83. The highest BCUT2D eigenvalue weighted by molar-refractivity contribution is 5.94. The van der Waals surface area contributed by atoms with Crippen LogP contribution in [-0.2, 0) is 19.4 Å². The zero-order chi connectivity index (χ0) is 17.7. The fourth-order valence-corrected chi connectivity index (χ4v) is 3.81. The number of nitrogens with zero attached hydrogens (tertiary/aromatic N) is 1. The molecule has 26 heavy (non-hydrogen) atoms. The van der Waals surface area contributed by atoms with Crippen LogP contribution in [0.3, 0.4) is 0 Å². The van der Waals surface area contributed by atoms with Gasteiger partial charge >= 0.3 is 0 Å². The molecule has 2 aromatic carbocycles. The average Bonchev–Trinajstić information content (AvgIpc) is 3.39. The second-order valence-electron chi connectivity index (χ2n) is 6.75. The molecule has 5 rings (SSSR count). The number of fused-ring (bicyclic) bond motifs is 3. The van der Waals surface area contributed by atoms with Crippen molar-refractivity contribution in [1.82, 2.24) is 4.90 Å². The van der Waals surface area contributed by atoms with E-state index in [0.29, 0.717) is 36.8 Å². The number of carbonyl (C=O) groups excluding carboxylic acids is 1.